The van der Waals surface area contributed by atoms with Crippen LogP contribution in [0.15, 0.2) is 0 Å². The molecule has 1 aliphatic rings. The number of hydrogen-bond donors (Lipinski definition) is 0. The van der Waals surface area contributed by atoms with Gasteiger partial charge in [0.15, 0.2) is 0 Å². The zero-order valence-corrected chi connectivity index (χ0v) is 8.70. The third-order valence-electron chi connectivity index (χ3n) is 2.38. The minimum Gasteiger partial charge on any atom is -0.451 e. The molecule has 1 aliphatic carbocycles. The zero-order valence-electron chi connectivity index (χ0n) is 6.65. The van der Waals surface area contributed by atoms with Crippen molar-refractivity contribution >= 4 is 23.1 Å². The zero-order chi connectivity index (χ0) is 9.35. The molecule has 3 atom stereocenters. The van der Waals surface area contributed by atoms with Gasteiger partial charge in [-0.1, -0.05) is 6.92 Å². The van der Waals surface area contributed by atoms with Crippen molar-refractivity contribution in [3.05, 3.63) is 0 Å². The fourth-order valence-electron chi connectivity index (χ4n) is 1.40. The van der Waals surface area contributed by atoms with Crippen molar-refractivity contribution in [3.63, 3.8) is 0 Å². The highest BCUT2D eigenvalue weighted by atomic mass is 31.1. The summed E-state index contributed by atoms with van der Waals surface area (Å²) in [5, 5.41) is 0. The van der Waals surface area contributed by atoms with E-state index in [1.165, 1.54) is 0 Å². The van der Waals surface area contributed by atoms with Crippen molar-refractivity contribution in [2.45, 2.75) is 13.3 Å². The molecule has 3 unspecified atom stereocenters. The lowest BCUT2D eigenvalue weighted by Crippen LogP contribution is -2.19. The van der Waals surface area contributed by atoms with Crippen LogP contribution >= 0.6 is 17.1 Å². The van der Waals surface area contributed by atoms with E-state index >= 15 is 0 Å². The Bertz CT molecular complexity index is 265. The van der Waals surface area contributed by atoms with E-state index in [2.05, 4.69) is 4.52 Å². The number of carbonyl (C=O) groups is 1. The molecule has 0 aliphatic heterocycles. The second-order valence-corrected chi connectivity index (χ2v) is 4.37. The van der Waals surface area contributed by atoms with E-state index in [9.17, 15) is 13.9 Å². The van der Waals surface area contributed by atoms with Crippen LogP contribution in [-0.4, -0.2) is 12.1 Å². The van der Waals surface area contributed by atoms with Crippen molar-refractivity contribution < 1.29 is 18.4 Å². The summed E-state index contributed by atoms with van der Waals surface area (Å²) in [6.07, 6.45) is 0.528. The summed E-state index contributed by atoms with van der Waals surface area (Å²) in [5.41, 5.74) is -0.739. The van der Waals surface area contributed by atoms with Crippen molar-refractivity contribution in [2.75, 3.05) is 6.16 Å². The first kappa shape index (κ1) is 9.88. The highest BCUT2D eigenvalue weighted by Crippen LogP contribution is 2.55. The maximum absolute atomic E-state index is 11.1. The highest BCUT2D eigenvalue weighted by Gasteiger charge is 2.59. The van der Waals surface area contributed by atoms with Gasteiger partial charge in [-0.15, -0.1) is 0 Å². The summed E-state index contributed by atoms with van der Waals surface area (Å²) >= 11 is 0. The molecule has 1 saturated carbocycles. The van der Waals surface area contributed by atoms with Crippen LogP contribution < -0.4 is 0 Å². The predicted octanol–water partition coefficient (Wildman–Crippen LogP) is 1.52. The van der Waals surface area contributed by atoms with E-state index in [1.807, 2.05) is 16.4 Å². The molecule has 12 heavy (non-hydrogen) atoms. The normalized spacial score (nSPS) is 32.7. The molecule has 4 nitrogen and oxygen atoms in total. The lowest BCUT2D eigenvalue weighted by atomic mass is 10.1. The van der Waals surface area contributed by atoms with E-state index in [-0.39, 0.29) is 12.1 Å². The summed E-state index contributed by atoms with van der Waals surface area (Å²) in [6.45, 7) is 1.85. The Morgan fingerprint density at radius 2 is 2.25 bits per heavy atom. The lowest BCUT2D eigenvalue weighted by molar-refractivity contribution is -0.138. The Labute approximate surface area is 73.2 Å². The van der Waals surface area contributed by atoms with Crippen molar-refractivity contribution in [1.82, 2.24) is 0 Å². The quantitative estimate of drug-likeness (QED) is 0.659. The van der Waals surface area contributed by atoms with Gasteiger partial charge in [0.1, 0.15) is 0 Å². The van der Waals surface area contributed by atoms with Crippen molar-refractivity contribution in [3.8, 4) is 0 Å². The molecule has 0 heterocycles. The monoisotopic (exact) mass is 208 g/mol. The van der Waals surface area contributed by atoms with Crippen molar-refractivity contribution in [1.29, 1.82) is 0 Å². The first-order valence-corrected chi connectivity index (χ1v) is 5.39. The third-order valence-corrected chi connectivity index (χ3v) is 3.42. The summed E-state index contributed by atoms with van der Waals surface area (Å²) in [7, 11) is -0.649. The SMILES string of the molecule is CC1CC1(CP(=O)=O)C(=O)OP. The van der Waals surface area contributed by atoms with Gasteiger partial charge in [0.05, 0.1) is 21.0 Å². The summed E-state index contributed by atoms with van der Waals surface area (Å²) in [6, 6.07) is 0. The number of hydrogen-bond acceptors (Lipinski definition) is 4. The molecule has 0 aromatic rings. The number of carbonyl (C=O) groups excluding carboxylic acids is 1. The molecule has 0 spiro atoms. The Kier molecular flexibility index (Phi) is 2.70. The van der Waals surface area contributed by atoms with Gasteiger partial charge >= 0.3 is 13.6 Å². The van der Waals surface area contributed by atoms with E-state index < -0.39 is 19.1 Å². The van der Waals surface area contributed by atoms with E-state index in [4.69, 9.17) is 0 Å². The Morgan fingerprint density at radius 3 is 2.50 bits per heavy atom. The van der Waals surface area contributed by atoms with Gasteiger partial charge < -0.3 is 4.52 Å². The molecular formula is C6H10O4P2. The molecule has 0 bridgehead atoms. The summed E-state index contributed by atoms with van der Waals surface area (Å²) in [4.78, 5) is 11.1. The van der Waals surface area contributed by atoms with E-state index in [0.717, 1.165) is 0 Å². The predicted molar refractivity (Wildman–Crippen MR) is 45.2 cm³/mol. The van der Waals surface area contributed by atoms with Crippen LogP contribution in [0.4, 0.5) is 0 Å². The fraction of sp³-hybridized carbons (Fsp3) is 0.833. The molecule has 0 amide bonds. The standard InChI is InChI=1S/C6H10O4P2/c1-4-2-6(4,3-12(8)9)5(7)10-11/h4H,2-3,11H2,1H3. The first-order chi connectivity index (χ1) is 5.53. The van der Waals surface area contributed by atoms with Gasteiger partial charge in [-0.25, -0.2) is 9.13 Å². The average molecular weight is 208 g/mol. The fourth-order valence-corrected chi connectivity index (χ4v) is 2.67. The van der Waals surface area contributed by atoms with Gasteiger partial charge in [-0.2, -0.15) is 0 Å². The summed E-state index contributed by atoms with van der Waals surface area (Å²) in [5.74, 6) is -0.308. The van der Waals surface area contributed by atoms with Crippen LogP contribution in [-0.2, 0) is 18.4 Å². The van der Waals surface area contributed by atoms with Crippen LogP contribution in [0, 0.1) is 11.3 Å². The first-order valence-electron chi connectivity index (χ1n) is 3.56. The molecule has 0 aromatic heterocycles. The Hall–Kier alpha value is -0.200. The molecule has 0 saturated heterocycles. The van der Waals surface area contributed by atoms with E-state index in [0.29, 0.717) is 6.42 Å². The molecule has 1 fully saturated rings. The topological polar surface area (TPSA) is 60.4 Å². The van der Waals surface area contributed by atoms with Gasteiger partial charge in [-0.05, 0) is 12.3 Å². The largest absolute Gasteiger partial charge is 0.451 e. The minimum atomic E-state index is -2.50. The molecule has 0 aromatic carbocycles. The van der Waals surface area contributed by atoms with Crippen LogP contribution in [0.3, 0.4) is 0 Å². The minimum absolute atomic E-state index is 0.0866. The summed E-state index contributed by atoms with van der Waals surface area (Å²) < 4.78 is 25.3. The van der Waals surface area contributed by atoms with E-state index in [1.54, 1.807) is 0 Å². The van der Waals surface area contributed by atoms with Gasteiger partial charge in [0.2, 0.25) is 0 Å². The second kappa shape index (κ2) is 3.27. The molecular weight excluding hydrogens is 198 g/mol. The maximum atomic E-state index is 11.1. The van der Waals surface area contributed by atoms with Crippen LogP contribution in [0.5, 0.6) is 0 Å². The molecule has 0 radical (unpaired) electrons. The molecule has 6 heteroatoms. The molecule has 1 rings (SSSR count). The van der Waals surface area contributed by atoms with Crippen LogP contribution in [0.1, 0.15) is 13.3 Å². The molecule has 0 N–H and O–H groups in total. The number of rotatable bonds is 3. The van der Waals surface area contributed by atoms with Gasteiger partial charge in [-0.3, -0.25) is 4.79 Å². The van der Waals surface area contributed by atoms with Gasteiger partial charge in [0.25, 0.3) is 0 Å². The lowest BCUT2D eigenvalue weighted by Gasteiger charge is -2.07. The van der Waals surface area contributed by atoms with Crippen molar-refractivity contribution in [2.24, 2.45) is 11.3 Å². The molecule has 68 valence electrons. The van der Waals surface area contributed by atoms with Crippen LogP contribution in [0.25, 0.3) is 0 Å². The Balaban J connectivity index is 2.72. The smallest absolute Gasteiger partial charge is 0.316 e. The van der Waals surface area contributed by atoms with Gasteiger partial charge in [0, 0.05) is 0 Å². The third kappa shape index (κ3) is 1.60. The Morgan fingerprint density at radius 1 is 1.75 bits per heavy atom. The average Bonchev–Trinajstić information content (AvgIpc) is 2.60. The highest BCUT2D eigenvalue weighted by molar-refractivity contribution is 7.30. The second-order valence-electron chi connectivity index (χ2n) is 3.16. The van der Waals surface area contributed by atoms with Crippen LogP contribution in [0.2, 0.25) is 0 Å². The maximum Gasteiger partial charge on any atom is 0.316 e.